The summed E-state index contributed by atoms with van der Waals surface area (Å²) < 4.78 is 0. The van der Waals surface area contributed by atoms with Crippen molar-refractivity contribution in [2.24, 2.45) is 23.5 Å². The van der Waals surface area contributed by atoms with Crippen LogP contribution in [0, 0.1) is 17.8 Å². The predicted molar refractivity (Wildman–Crippen MR) is 88.2 cm³/mol. The van der Waals surface area contributed by atoms with Crippen molar-refractivity contribution >= 4 is 0 Å². The fraction of sp³-hybridized carbons (Fsp3) is 1.00. The molecule has 0 bridgehead atoms. The van der Waals surface area contributed by atoms with E-state index in [-0.39, 0.29) is 6.10 Å². The normalized spacial score (nSPS) is 29.6. The smallest absolute Gasteiger partial charge is 0.0566 e. The minimum Gasteiger partial charge on any atom is -0.393 e. The monoisotopic (exact) mass is 297 g/mol. The number of hydrogen-bond donors (Lipinski definition) is 3. The molecule has 4 N–H and O–H groups in total. The summed E-state index contributed by atoms with van der Waals surface area (Å²) in [6.45, 7) is 9.33. The van der Waals surface area contributed by atoms with Crippen LogP contribution in [0.25, 0.3) is 0 Å². The number of nitrogens with two attached hydrogens (primary N) is 1. The second kappa shape index (κ2) is 8.47. The molecule has 3 unspecified atom stereocenters. The zero-order chi connectivity index (χ0) is 15.2. The van der Waals surface area contributed by atoms with Gasteiger partial charge in [-0.3, -0.25) is 0 Å². The first-order valence-electron chi connectivity index (χ1n) is 8.92. The Bertz CT molecular complexity index is 294. The third kappa shape index (κ3) is 5.51. The van der Waals surface area contributed by atoms with E-state index in [1.54, 1.807) is 0 Å². The van der Waals surface area contributed by atoms with E-state index in [1.807, 2.05) is 0 Å². The summed E-state index contributed by atoms with van der Waals surface area (Å²) in [6, 6.07) is 0.579. The van der Waals surface area contributed by atoms with Gasteiger partial charge >= 0.3 is 0 Å². The molecule has 1 saturated heterocycles. The van der Waals surface area contributed by atoms with Crippen molar-refractivity contribution in [2.45, 2.75) is 58.1 Å². The van der Waals surface area contributed by atoms with Gasteiger partial charge in [0.05, 0.1) is 6.10 Å². The molecule has 1 aliphatic carbocycles. The van der Waals surface area contributed by atoms with Crippen molar-refractivity contribution in [3.63, 3.8) is 0 Å². The van der Waals surface area contributed by atoms with Crippen LogP contribution in [0.3, 0.4) is 0 Å². The molecule has 21 heavy (non-hydrogen) atoms. The van der Waals surface area contributed by atoms with Gasteiger partial charge in [-0.05, 0) is 50.0 Å². The maximum absolute atomic E-state index is 10.2. The minimum absolute atomic E-state index is 0.167. The largest absolute Gasteiger partial charge is 0.393 e. The Hall–Kier alpha value is -0.160. The van der Waals surface area contributed by atoms with E-state index in [2.05, 4.69) is 24.1 Å². The summed E-state index contributed by atoms with van der Waals surface area (Å²) in [7, 11) is 0. The maximum atomic E-state index is 10.2. The highest BCUT2D eigenvalue weighted by Gasteiger charge is 2.29. The second-order valence-corrected chi connectivity index (χ2v) is 7.60. The van der Waals surface area contributed by atoms with E-state index in [9.17, 15) is 5.11 Å². The molecule has 3 atom stereocenters. The summed E-state index contributed by atoms with van der Waals surface area (Å²) in [6.07, 6.45) is 6.20. The van der Waals surface area contributed by atoms with E-state index < -0.39 is 0 Å². The Morgan fingerprint density at radius 2 is 2.00 bits per heavy atom. The molecule has 0 radical (unpaired) electrons. The van der Waals surface area contributed by atoms with Crippen LogP contribution >= 0.6 is 0 Å². The molecule has 4 heteroatoms. The Balaban J connectivity index is 1.81. The Morgan fingerprint density at radius 1 is 1.24 bits per heavy atom. The average molecular weight is 297 g/mol. The van der Waals surface area contributed by atoms with E-state index in [1.165, 1.54) is 32.2 Å². The maximum Gasteiger partial charge on any atom is 0.0566 e. The SMILES string of the molecule is CC(C)C(O)CC1CC(NCC2CCC2)CN(CCN)C1. The van der Waals surface area contributed by atoms with Crippen LogP contribution in [-0.4, -0.2) is 54.9 Å². The molecule has 0 aromatic heterocycles. The number of piperidine rings is 1. The standard InChI is InChI=1S/C17H35N3O/c1-13(2)17(21)9-15-8-16(12-20(11-15)7-6-18)19-10-14-4-3-5-14/h13-17,19,21H,3-12,18H2,1-2H3. The van der Waals surface area contributed by atoms with Crippen molar-refractivity contribution in [3.8, 4) is 0 Å². The Kier molecular flexibility index (Phi) is 6.93. The van der Waals surface area contributed by atoms with Gasteiger partial charge in [0.2, 0.25) is 0 Å². The lowest BCUT2D eigenvalue weighted by Crippen LogP contribution is -2.52. The Morgan fingerprint density at radius 3 is 2.57 bits per heavy atom. The van der Waals surface area contributed by atoms with Gasteiger partial charge in [0.15, 0.2) is 0 Å². The lowest BCUT2D eigenvalue weighted by atomic mass is 9.84. The summed E-state index contributed by atoms with van der Waals surface area (Å²) in [5, 5.41) is 14.0. The number of rotatable bonds is 8. The lowest BCUT2D eigenvalue weighted by Gasteiger charge is -2.40. The molecule has 124 valence electrons. The molecule has 1 saturated carbocycles. The van der Waals surface area contributed by atoms with Gasteiger partial charge < -0.3 is 21.1 Å². The van der Waals surface area contributed by atoms with E-state index in [0.717, 1.165) is 38.5 Å². The third-order valence-corrected chi connectivity index (χ3v) is 5.32. The van der Waals surface area contributed by atoms with Crippen molar-refractivity contribution in [2.75, 3.05) is 32.7 Å². The van der Waals surface area contributed by atoms with Gasteiger partial charge in [-0.2, -0.15) is 0 Å². The topological polar surface area (TPSA) is 61.5 Å². The van der Waals surface area contributed by atoms with Gasteiger partial charge in [0.1, 0.15) is 0 Å². The van der Waals surface area contributed by atoms with Crippen molar-refractivity contribution in [1.82, 2.24) is 10.2 Å². The highest BCUT2D eigenvalue weighted by Crippen LogP contribution is 2.27. The number of nitrogens with zero attached hydrogens (tertiary/aromatic N) is 1. The van der Waals surface area contributed by atoms with Gasteiger partial charge in [-0.1, -0.05) is 20.3 Å². The van der Waals surface area contributed by atoms with E-state index in [0.29, 0.717) is 17.9 Å². The molecule has 1 heterocycles. The fourth-order valence-corrected chi connectivity index (χ4v) is 3.63. The molecule has 0 amide bonds. The summed E-state index contributed by atoms with van der Waals surface area (Å²) in [5.41, 5.74) is 5.74. The van der Waals surface area contributed by atoms with Gasteiger partial charge in [-0.25, -0.2) is 0 Å². The number of nitrogens with one attached hydrogen (secondary N) is 1. The Labute approximate surface area is 130 Å². The highest BCUT2D eigenvalue weighted by molar-refractivity contribution is 4.86. The van der Waals surface area contributed by atoms with Crippen molar-refractivity contribution in [1.29, 1.82) is 0 Å². The van der Waals surface area contributed by atoms with Crippen molar-refractivity contribution < 1.29 is 5.11 Å². The molecule has 2 rings (SSSR count). The summed E-state index contributed by atoms with van der Waals surface area (Å²) >= 11 is 0. The molecule has 0 aromatic rings. The molecule has 0 aromatic carbocycles. The molecule has 0 spiro atoms. The quantitative estimate of drug-likeness (QED) is 0.634. The number of aliphatic hydroxyl groups excluding tert-OH is 1. The van der Waals surface area contributed by atoms with E-state index >= 15 is 0 Å². The van der Waals surface area contributed by atoms with Crippen LogP contribution in [0.4, 0.5) is 0 Å². The second-order valence-electron chi connectivity index (χ2n) is 7.60. The molecule has 2 aliphatic rings. The molecule has 4 nitrogen and oxygen atoms in total. The fourth-order valence-electron chi connectivity index (χ4n) is 3.63. The first-order chi connectivity index (χ1) is 10.1. The van der Waals surface area contributed by atoms with Crippen LogP contribution in [0.5, 0.6) is 0 Å². The van der Waals surface area contributed by atoms with Crippen LogP contribution in [0.1, 0.15) is 46.0 Å². The van der Waals surface area contributed by atoms with Gasteiger partial charge in [0, 0.05) is 32.2 Å². The molecular weight excluding hydrogens is 262 g/mol. The minimum atomic E-state index is -0.167. The molecule has 1 aliphatic heterocycles. The van der Waals surface area contributed by atoms with Crippen LogP contribution in [0.2, 0.25) is 0 Å². The van der Waals surface area contributed by atoms with Gasteiger partial charge in [-0.15, -0.1) is 0 Å². The molecular formula is C17H35N3O. The lowest BCUT2D eigenvalue weighted by molar-refractivity contribution is 0.0613. The number of hydrogen-bond acceptors (Lipinski definition) is 4. The summed E-state index contributed by atoms with van der Waals surface area (Å²) in [5.74, 6) is 1.87. The zero-order valence-corrected chi connectivity index (χ0v) is 13.9. The first kappa shape index (κ1) is 17.2. The third-order valence-electron chi connectivity index (χ3n) is 5.32. The summed E-state index contributed by atoms with van der Waals surface area (Å²) in [4.78, 5) is 2.49. The number of likely N-dealkylation sites (tertiary alicyclic amines) is 1. The number of aliphatic hydroxyl groups is 1. The van der Waals surface area contributed by atoms with E-state index in [4.69, 9.17) is 5.73 Å². The van der Waals surface area contributed by atoms with Crippen LogP contribution in [-0.2, 0) is 0 Å². The average Bonchev–Trinajstić information content (AvgIpc) is 2.37. The molecule has 2 fully saturated rings. The zero-order valence-electron chi connectivity index (χ0n) is 13.9. The van der Waals surface area contributed by atoms with Crippen LogP contribution < -0.4 is 11.1 Å². The first-order valence-corrected chi connectivity index (χ1v) is 8.92. The predicted octanol–water partition coefficient (Wildman–Crippen LogP) is 1.43. The van der Waals surface area contributed by atoms with Crippen LogP contribution in [0.15, 0.2) is 0 Å². The van der Waals surface area contributed by atoms with Crippen molar-refractivity contribution in [3.05, 3.63) is 0 Å². The van der Waals surface area contributed by atoms with Gasteiger partial charge in [0.25, 0.3) is 0 Å². The highest BCUT2D eigenvalue weighted by atomic mass is 16.3.